The number of nitrogens with one attached hydrogen (secondary N) is 1. The van der Waals surface area contributed by atoms with Crippen molar-refractivity contribution < 1.29 is 14.3 Å². The molecule has 3 aromatic rings. The predicted octanol–water partition coefficient (Wildman–Crippen LogP) is 4.13. The highest BCUT2D eigenvalue weighted by Crippen LogP contribution is 2.31. The smallest absolute Gasteiger partial charge is 0.255 e. The van der Waals surface area contributed by atoms with Crippen LogP contribution in [0.2, 0.25) is 0 Å². The zero-order valence-corrected chi connectivity index (χ0v) is 15.8. The molecule has 0 saturated heterocycles. The van der Waals surface area contributed by atoms with Crippen molar-refractivity contribution in [1.82, 2.24) is 10.3 Å². The highest BCUT2D eigenvalue weighted by atomic mass is 32.1. The average Bonchev–Trinajstić information content (AvgIpc) is 3.28. The third-order valence-electron chi connectivity index (χ3n) is 3.69. The molecular formula is C18H18N2O3S2. The van der Waals surface area contributed by atoms with Crippen LogP contribution in [0.4, 0.5) is 0 Å². The SMILES string of the molecule is COc1ccc(C(=O)NCc2sc(-c3cccs3)nc2C)c(OC)c1. The van der Waals surface area contributed by atoms with Crippen LogP contribution in [-0.4, -0.2) is 25.1 Å². The Hall–Kier alpha value is -2.38. The summed E-state index contributed by atoms with van der Waals surface area (Å²) in [6, 6.07) is 9.19. The molecule has 0 aliphatic carbocycles. The molecule has 0 unspecified atom stereocenters. The van der Waals surface area contributed by atoms with Crippen LogP contribution in [0.5, 0.6) is 11.5 Å². The summed E-state index contributed by atoms with van der Waals surface area (Å²) in [6.07, 6.45) is 0. The summed E-state index contributed by atoms with van der Waals surface area (Å²) < 4.78 is 10.4. The Labute approximate surface area is 154 Å². The number of ether oxygens (including phenoxy) is 2. The van der Waals surface area contributed by atoms with Crippen molar-refractivity contribution in [2.75, 3.05) is 14.2 Å². The summed E-state index contributed by atoms with van der Waals surface area (Å²) >= 11 is 3.26. The highest BCUT2D eigenvalue weighted by molar-refractivity contribution is 7.21. The zero-order chi connectivity index (χ0) is 17.8. The number of benzene rings is 1. The van der Waals surface area contributed by atoms with Crippen LogP contribution in [0.1, 0.15) is 20.9 Å². The molecule has 5 nitrogen and oxygen atoms in total. The largest absolute Gasteiger partial charge is 0.497 e. The lowest BCUT2D eigenvalue weighted by Crippen LogP contribution is -2.23. The van der Waals surface area contributed by atoms with E-state index in [0.717, 1.165) is 20.5 Å². The Morgan fingerprint density at radius 2 is 2.08 bits per heavy atom. The summed E-state index contributed by atoms with van der Waals surface area (Å²) in [5.41, 5.74) is 1.42. The summed E-state index contributed by atoms with van der Waals surface area (Å²) in [5.74, 6) is 0.939. The molecule has 0 atom stereocenters. The van der Waals surface area contributed by atoms with Gasteiger partial charge in [0.05, 0.1) is 36.9 Å². The number of amides is 1. The topological polar surface area (TPSA) is 60.5 Å². The van der Waals surface area contributed by atoms with Crippen LogP contribution in [-0.2, 0) is 6.54 Å². The fourth-order valence-corrected chi connectivity index (χ4v) is 4.14. The second-order valence-electron chi connectivity index (χ2n) is 5.25. The molecule has 7 heteroatoms. The molecule has 2 heterocycles. The fourth-order valence-electron chi connectivity index (χ4n) is 2.34. The lowest BCUT2D eigenvalue weighted by Gasteiger charge is -2.10. The minimum atomic E-state index is -0.190. The normalized spacial score (nSPS) is 10.5. The number of nitrogens with zero attached hydrogens (tertiary/aromatic N) is 1. The van der Waals surface area contributed by atoms with Crippen LogP contribution in [0.3, 0.4) is 0 Å². The highest BCUT2D eigenvalue weighted by Gasteiger charge is 2.15. The number of hydrogen-bond donors (Lipinski definition) is 1. The Bertz CT molecular complexity index is 873. The standard InChI is InChI=1S/C18H18N2O3S2/c1-11-16(25-18(20-11)15-5-4-8-24-15)10-19-17(21)13-7-6-12(22-2)9-14(13)23-3/h4-9H,10H2,1-3H3,(H,19,21). The van der Waals surface area contributed by atoms with Crippen molar-refractivity contribution in [1.29, 1.82) is 0 Å². The van der Waals surface area contributed by atoms with Gasteiger partial charge in [-0.2, -0.15) is 0 Å². The summed E-state index contributed by atoms with van der Waals surface area (Å²) in [6.45, 7) is 2.39. The maximum Gasteiger partial charge on any atom is 0.255 e. The van der Waals surface area contributed by atoms with Gasteiger partial charge in [-0.1, -0.05) is 6.07 Å². The lowest BCUT2D eigenvalue weighted by atomic mass is 10.1. The van der Waals surface area contributed by atoms with Crippen molar-refractivity contribution in [2.24, 2.45) is 0 Å². The van der Waals surface area contributed by atoms with Crippen LogP contribution in [0, 0.1) is 6.92 Å². The van der Waals surface area contributed by atoms with Gasteiger partial charge in [0, 0.05) is 10.9 Å². The molecule has 25 heavy (non-hydrogen) atoms. The van der Waals surface area contributed by atoms with E-state index < -0.39 is 0 Å². The number of aromatic nitrogens is 1. The number of thiazole rings is 1. The summed E-state index contributed by atoms with van der Waals surface area (Å²) in [4.78, 5) is 19.3. The van der Waals surface area contributed by atoms with Crippen molar-refractivity contribution in [3.63, 3.8) is 0 Å². The van der Waals surface area contributed by atoms with Crippen LogP contribution in [0.25, 0.3) is 9.88 Å². The lowest BCUT2D eigenvalue weighted by molar-refractivity contribution is 0.0948. The van der Waals surface area contributed by atoms with E-state index in [0.29, 0.717) is 23.6 Å². The van der Waals surface area contributed by atoms with Gasteiger partial charge in [0.2, 0.25) is 0 Å². The maximum absolute atomic E-state index is 12.5. The molecule has 1 aromatic carbocycles. The first kappa shape index (κ1) is 17.4. The quantitative estimate of drug-likeness (QED) is 0.705. The molecular weight excluding hydrogens is 356 g/mol. The Balaban J connectivity index is 1.73. The number of methoxy groups -OCH3 is 2. The van der Waals surface area contributed by atoms with Gasteiger partial charge in [-0.3, -0.25) is 4.79 Å². The fraction of sp³-hybridized carbons (Fsp3) is 0.222. The Kier molecular flexibility index (Phi) is 5.35. The van der Waals surface area contributed by atoms with Crippen LogP contribution >= 0.6 is 22.7 Å². The van der Waals surface area contributed by atoms with E-state index >= 15 is 0 Å². The van der Waals surface area contributed by atoms with E-state index in [1.54, 1.807) is 48.0 Å². The van der Waals surface area contributed by atoms with Gasteiger partial charge in [0.1, 0.15) is 16.5 Å². The number of carbonyl (C=O) groups excluding carboxylic acids is 1. The molecule has 0 spiro atoms. The van der Waals surface area contributed by atoms with E-state index in [1.165, 1.54) is 7.11 Å². The van der Waals surface area contributed by atoms with E-state index in [1.807, 2.05) is 24.4 Å². The zero-order valence-electron chi connectivity index (χ0n) is 14.2. The van der Waals surface area contributed by atoms with E-state index in [9.17, 15) is 4.79 Å². The number of thiophene rings is 1. The second-order valence-corrected chi connectivity index (χ2v) is 7.29. The summed E-state index contributed by atoms with van der Waals surface area (Å²) in [5, 5.41) is 5.96. The Morgan fingerprint density at radius 3 is 2.76 bits per heavy atom. The van der Waals surface area contributed by atoms with Gasteiger partial charge < -0.3 is 14.8 Å². The molecule has 2 aromatic heterocycles. The minimum absolute atomic E-state index is 0.190. The molecule has 1 amide bonds. The molecule has 0 bridgehead atoms. The van der Waals surface area contributed by atoms with Crippen LogP contribution in [0.15, 0.2) is 35.7 Å². The molecule has 0 aliphatic rings. The van der Waals surface area contributed by atoms with E-state index in [4.69, 9.17) is 9.47 Å². The number of carbonyl (C=O) groups is 1. The molecule has 3 rings (SSSR count). The average molecular weight is 374 g/mol. The first-order chi connectivity index (χ1) is 12.1. The number of rotatable bonds is 6. The molecule has 0 fully saturated rings. The summed E-state index contributed by atoms with van der Waals surface area (Å²) in [7, 11) is 3.11. The first-order valence-corrected chi connectivity index (χ1v) is 9.32. The maximum atomic E-state index is 12.5. The second kappa shape index (κ2) is 7.67. The van der Waals surface area contributed by atoms with Gasteiger partial charge in [-0.15, -0.1) is 22.7 Å². The molecule has 1 N–H and O–H groups in total. The van der Waals surface area contributed by atoms with Gasteiger partial charge in [-0.25, -0.2) is 4.98 Å². The molecule has 0 radical (unpaired) electrons. The van der Waals surface area contributed by atoms with Crippen molar-refractivity contribution >= 4 is 28.6 Å². The van der Waals surface area contributed by atoms with Crippen LogP contribution < -0.4 is 14.8 Å². The Morgan fingerprint density at radius 1 is 1.24 bits per heavy atom. The number of hydrogen-bond acceptors (Lipinski definition) is 6. The van der Waals surface area contributed by atoms with E-state index in [2.05, 4.69) is 10.3 Å². The first-order valence-electron chi connectivity index (χ1n) is 7.62. The minimum Gasteiger partial charge on any atom is -0.497 e. The predicted molar refractivity (Wildman–Crippen MR) is 101 cm³/mol. The van der Waals surface area contributed by atoms with Gasteiger partial charge in [0.15, 0.2) is 0 Å². The molecule has 130 valence electrons. The van der Waals surface area contributed by atoms with E-state index in [-0.39, 0.29) is 5.91 Å². The third-order valence-corrected chi connectivity index (χ3v) is 5.88. The van der Waals surface area contributed by atoms with Gasteiger partial charge in [0.25, 0.3) is 5.91 Å². The molecule has 0 saturated carbocycles. The monoisotopic (exact) mass is 374 g/mol. The number of aryl methyl sites for hydroxylation is 1. The van der Waals surface area contributed by atoms with Crippen molar-refractivity contribution in [2.45, 2.75) is 13.5 Å². The van der Waals surface area contributed by atoms with Gasteiger partial charge >= 0.3 is 0 Å². The third kappa shape index (κ3) is 3.83. The van der Waals surface area contributed by atoms with Crippen molar-refractivity contribution in [3.8, 4) is 21.4 Å². The molecule has 0 aliphatic heterocycles. The van der Waals surface area contributed by atoms with Crippen molar-refractivity contribution in [3.05, 3.63) is 51.8 Å². The van der Waals surface area contributed by atoms with Gasteiger partial charge in [-0.05, 0) is 30.5 Å².